The summed E-state index contributed by atoms with van der Waals surface area (Å²) in [5.74, 6) is 0.675. The number of benzene rings is 2. The quantitative estimate of drug-likeness (QED) is 0.322. The molecule has 0 fully saturated rings. The fourth-order valence-electron chi connectivity index (χ4n) is 4.27. The number of hydrogen-bond acceptors (Lipinski definition) is 7. The molecule has 0 aliphatic heterocycles. The normalized spacial score (nSPS) is 11.2. The minimum atomic E-state index is -0.0182. The summed E-state index contributed by atoms with van der Waals surface area (Å²) in [4.78, 5) is 20.8. The van der Waals surface area contributed by atoms with Gasteiger partial charge in [0.2, 0.25) is 0 Å². The number of halogens is 1. The molecular formula is C27H22ClN9O. The molecule has 2 aromatic carbocycles. The van der Waals surface area contributed by atoms with E-state index in [4.69, 9.17) is 11.6 Å². The van der Waals surface area contributed by atoms with Crippen LogP contribution in [0, 0.1) is 0 Å². The lowest BCUT2D eigenvalue weighted by Gasteiger charge is -2.11. The van der Waals surface area contributed by atoms with Crippen LogP contribution in [0.25, 0.3) is 16.7 Å². The van der Waals surface area contributed by atoms with Crippen LogP contribution < -0.4 is 10.9 Å². The van der Waals surface area contributed by atoms with Crippen LogP contribution in [0.15, 0.2) is 96.6 Å². The second-order valence-electron chi connectivity index (χ2n) is 8.74. The van der Waals surface area contributed by atoms with Crippen LogP contribution in [0.4, 0.5) is 5.82 Å². The summed E-state index contributed by atoms with van der Waals surface area (Å²) in [6, 6.07) is 18.9. The van der Waals surface area contributed by atoms with Gasteiger partial charge in [-0.1, -0.05) is 47.1 Å². The Bertz CT molecular complexity index is 1760. The number of pyridine rings is 1. The highest BCUT2D eigenvalue weighted by Gasteiger charge is 2.12. The molecule has 11 heteroatoms. The topological polar surface area (TPSA) is 108 Å². The molecule has 4 aromatic heterocycles. The average Bonchev–Trinajstić information content (AvgIpc) is 3.60. The van der Waals surface area contributed by atoms with Crippen LogP contribution in [0.3, 0.4) is 0 Å². The number of hydrogen-bond donors (Lipinski definition) is 1. The Morgan fingerprint density at radius 2 is 1.76 bits per heavy atom. The third-order valence-corrected chi connectivity index (χ3v) is 6.38. The van der Waals surface area contributed by atoms with Crippen LogP contribution in [0.1, 0.15) is 16.7 Å². The molecule has 4 heterocycles. The first kappa shape index (κ1) is 23.6. The largest absolute Gasteiger partial charge is 0.365 e. The van der Waals surface area contributed by atoms with Gasteiger partial charge in [0.1, 0.15) is 12.1 Å². The van der Waals surface area contributed by atoms with E-state index in [1.807, 2.05) is 59.4 Å². The van der Waals surface area contributed by atoms with Gasteiger partial charge in [-0.3, -0.25) is 9.48 Å². The monoisotopic (exact) mass is 523 g/mol. The number of rotatable bonds is 8. The number of fused-ring (bicyclic) bond motifs is 1. The first-order valence-corrected chi connectivity index (χ1v) is 12.3. The van der Waals surface area contributed by atoms with E-state index in [1.165, 1.54) is 6.33 Å². The Kier molecular flexibility index (Phi) is 6.37. The Hall–Kier alpha value is -4.83. The van der Waals surface area contributed by atoms with Gasteiger partial charge in [0.15, 0.2) is 5.65 Å². The van der Waals surface area contributed by atoms with Crippen LogP contribution in [-0.4, -0.2) is 39.3 Å². The predicted molar refractivity (Wildman–Crippen MR) is 144 cm³/mol. The standard InChI is InChI=1S/C27H22ClN9O/c28-22-8-9-24(37-12-10-32-34-37)21(13-22)14-29-26-23-17-36(33-27(23)31-18-30-26)16-20-6-4-19(5-7-20)15-35-11-2-1-3-25(35)38/h1-13,17-18H,14-16H2,(H,29,30,31,33). The van der Waals surface area contributed by atoms with Crippen LogP contribution in [0.2, 0.25) is 5.02 Å². The van der Waals surface area contributed by atoms with Crippen molar-refractivity contribution in [3.63, 3.8) is 0 Å². The van der Waals surface area contributed by atoms with Gasteiger partial charge < -0.3 is 9.88 Å². The molecule has 0 spiro atoms. The molecule has 38 heavy (non-hydrogen) atoms. The second kappa shape index (κ2) is 10.3. The number of aromatic nitrogens is 8. The highest BCUT2D eigenvalue weighted by molar-refractivity contribution is 6.30. The minimum absolute atomic E-state index is 0.0182. The van der Waals surface area contributed by atoms with Crippen molar-refractivity contribution < 1.29 is 0 Å². The van der Waals surface area contributed by atoms with E-state index >= 15 is 0 Å². The maximum atomic E-state index is 12.0. The molecule has 6 aromatic rings. The van der Waals surface area contributed by atoms with Gasteiger partial charge in [0.05, 0.1) is 36.6 Å². The Balaban J connectivity index is 1.19. The summed E-state index contributed by atoms with van der Waals surface area (Å²) >= 11 is 6.27. The Morgan fingerprint density at radius 3 is 2.55 bits per heavy atom. The van der Waals surface area contributed by atoms with Crippen molar-refractivity contribution in [2.45, 2.75) is 19.6 Å². The van der Waals surface area contributed by atoms with Gasteiger partial charge >= 0.3 is 0 Å². The van der Waals surface area contributed by atoms with E-state index in [-0.39, 0.29) is 5.56 Å². The highest BCUT2D eigenvalue weighted by Crippen LogP contribution is 2.23. The average molecular weight is 524 g/mol. The molecule has 0 radical (unpaired) electrons. The fourth-order valence-corrected chi connectivity index (χ4v) is 4.46. The molecule has 188 valence electrons. The zero-order valence-corrected chi connectivity index (χ0v) is 20.9. The van der Waals surface area contributed by atoms with Crippen molar-refractivity contribution in [1.82, 2.24) is 39.3 Å². The molecule has 10 nitrogen and oxygen atoms in total. The molecule has 0 unspecified atom stereocenters. The van der Waals surface area contributed by atoms with E-state index in [0.717, 1.165) is 27.8 Å². The van der Waals surface area contributed by atoms with Gasteiger partial charge in [-0.2, -0.15) is 5.10 Å². The van der Waals surface area contributed by atoms with Crippen molar-refractivity contribution in [1.29, 1.82) is 0 Å². The molecule has 0 atom stereocenters. The lowest BCUT2D eigenvalue weighted by atomic mass is 10.1. The van der Waals surface area contributed by atoms with Crippen molar-refractivity contribution in [2.75, 3.05) is 5.32 Å². The summed E-state index contributed by atoms with van der Waals surface area (Å²) < 4.78 is 5.23. The first-order chi connectivity index (χ1) is 18.6. The number of anilines is 1. The van der Waals surface area contributed by atoms with Crippen LogP contribution in [-0.2, 0) is 19.6 Å². The van der Waals surface area contributed by atoms with E-state index < -0.39 is 0 Å². The van der Waals surface area contributed by atoms with E-state index in [9.17, 15) is 4.79 Å². The molecule has 1 N–H and O–H groups in total. The SMILES string of the molecule is O=c1ccccn1Cc1ccc(Cn2cc3c(NCc4cc(Cl)ccc4-n4ccnn4)ncnc3n2)cc1. The lowest BCUT2D eigenvalue weighted by Crippen LogP contribution is -2.18. The third kappa shape index (κ3) is 5.02. The summed E-state index contributed by atoms with van der Waals surface area (Å²) in [6.07, 6.45) is 8.64. The van der Waals surface area contributed by atoms with E-state index in [2.05, 4.69) is 30.7 Å². The summed E-state index contributed by atoms with van der Waals surface area (Å²) in [5, 5.41) is 17.5. The van der Waals surface area contributed by atoms with Gasteiger partial charge in [-0.25, -0.2) is 14.6 Å². The fraction of sp³-hybridized carbons (Fsp3) is 0.111. The Labute approximate surface area is 222 Å². The van der Waals surface area contributed by atoms with Crippen LogP contribution >= 0.6 is 11.6 Å². The molecule has 0 bridgehead atoms. The van der Waals surface area contributed by atoms with Crippen LogP contribution in [0.5, 0.6) is 0 Å². The predicted octanol–water partition coefficient (Wildman–Crippen LogP) is 3.93. The van der Waals surface area contributed by atoms with Crippen molar-refractivity contribution in [3.05, 3.63) is 124 Å². The maximum absolute atomic E-state index is 12.0. The molecule has 0 aliphatic carbocycles. The van der Waals surface area contributed by atoms with E-state index in [0.29, 0.717) is 36.1 Å². The number of nitrogens with zero attached hydrogens (tertiary/aromatic N) is 8. The zero-order valence-electron chi connectivity index (χ0n) is 20.1. The van der Waals surface area contributed by atoms with Crippen molar-refractivity contribution in [3.8, 4) is 5.69 Å². The second-order valence-corrected chi connectivity index (χ2v) is 9.18. The minimum Gasteiger partial charge on any atom is -0.365 e. The molecular weight excluding hydrogens is 502 g/mol. The Morgan fingerprint density at radius 1 is 0.921 bits per heavy atom. The lowest BCUT2D eigenvalue weighted by molar-refractivity contribution is 0.692. The molecule has 6 rings (SSSR count). The molecule has 0 aliphatic rings. The van der Waals surface area contributed by atoms with Crippen molar-refractivity contribution >= 4 is 28.5 Å². The zero-order chi connectivity index (χ0) is 25.9. The van der Waals surface area contributed by atoms with Gasteiger partial charge in [-0.15, -0.1) is 5.10 Å². The summed E-state index contributed by atoms with van der Waals surface area (Å²) in [6.45, 7) is 1.58. The van der Waals surface area contributed by atoms with Gasteiger partial charge in [0, 0.05) is 30.0 Å². The smallest absolute Gasteiger partial charge is 0.250 e. The number of nitrogens with one attached hydrogen (secondary N) is 1. The summed E-state index contributed by atoms with van der Waals surface area (Å²) in [5.41, 5.74) is 4.54. The van der Waals surface area contributed by atoms with Gasteiger partial charge in [-0.05, 0) is 41.0 Å². The third-order valence-electron chi connectivity index (χ3n) is 6.14. The highest BCUT2D eigenvalue weighted by atomic mass is 35.5. The maximum Gasteiger partial charge on any atom is 0.250 e. The first-order valence-electron chi connectivity index (χ1n) is 11.9. The van der Waals surface area contributed by atoms with E-state index in [1.54, 1.807) is 40.0 Å². The van der Waals surface area contributed by atoms with Gasteiger partial charge in [0.25, 0.3) is 5.56 Å². The molecule has 0 amide bonds. The molecule has 0 saturated carbocycles. The van der Waals surface area contributed by atoms with Crippen molar-refractivity contribution in [2.24, 2.45) is 0 Å². The summed E-state index contributed by atoms with van der Waals surface area (Å²) in [7, 11) is 0. The molecule has 0 saturated heterocycles.